The van der Waals surface area contributed by atoms with Crippen molar-refractivity contribution in [2.45, 2.75) is 45.1 Å². The second-order valence-electron chi connectivity index (χ2n) is 6.41. The van der Waals surface area contributed by atoms with Crippen molar-refractivity contribution in [3.8, 4) is 0 Å². The van der Waals surface area contributed by atoms with Crippen molar-refractivity contribution < 1.29 is 9.53 Å². The van der Waals surface area contributed by atoms with E-state index in [0.717, 1.165) is 31.8 Å². The van der Waals surface area contributed by atoms with Crippen molar-refractivity contribution >= 4 is 6.09 Å². The lowest BCUT2D eigenvalue weighted by Crippen LogP contribution is -2.38. The molecule has 2 fully saturated rings. The highest BCUT2D eigenvalue weighted by Crippen LogP contribution is 2.57. The molecule has 7 nitrogen and oxygen atoms in total. The van der Waals surface area contributed by atoms with Crippen LogP contribution in [0.3, 0.4) is 0 Å². The van der Waals surface area contributed by atoms with Crippen LogP contribution < -0.4 is 0 Å². The number of piperidine rings is 1. The first-order chi connectivity index (χ1) is 9.52. The van der Waals surface area contributed by atoms with E-state index in [0.29, 0.717) is 17.8 Å². The maximum atomic E-state index is 12.1. The zero-order valence-electron chi connectivity index (χ0n) is 12.2. The number of carbonyl (C=O) groups is 1. The lowest BCUT2D eigenvalue weighted by molar-refractivity contribution is 0.00988. The summed E-state index contributed by atoms with van der Waals surface area (Å²) in [5, 5.41) is 14.1. The number of aromatic amines is 1. The topological polar surface area (TPSA) is 84.0 Å². The SMILES string of the molecule is CCCC(C)(C)OC(=O)N1CC2C(C1)C2c1nn[nH]n1. The molecule has 1 aliphatic heterocycles. The summed E-state index contributed by atoms with van der Waals surface area (Å²) in [5.74, 6) is 2.07. The van der Waals surface area contributed by atoms with Crippen molar-refractivity contribution in [1.29, 1.82) is 0 Å². The number of ether oxygens (including phenoxy) is 1. The standard InChI is InChI=1S/C13H21N5O2/c1-4-5-13(2,3)20-12(19)18-6-8-9(7-18)10(8)11-14-16-17-15-11/h8-10H,4-7H2,1-3H3,(H,14,15,16,17). The van der Waals surface area contributed by atoms with E-state index in [1.54, 1.807) is 0 Å². The van der Waals surface area contributed by atoms with E-state index in [4.69, 9.17) is 4.74 Å². The van der Waals surface area contributed by atoms with Gasteiger partial charge in [-0.15, -0.1) is 10.2 Å². The van der Waals surface area contributed by atoms with Crippen molar-refractivity contribution in [2.75, 3.05) is 13.1 Å². The highest BCUT2D eigenvalue weighted by Gasteiger charge is 2.59. The van der Waals surface area contributed by atoms with Crippen LogP contribution in [-0.4, -0.2) is 50.3 Å². The molecule has 20 heavy (non-hydrogen) atoms. The lowest BCUT2D eigenvalue weighted by Gasteiger charge is -2.28. The van der Waals surface area contributed by atoms with E-state index in [9.17, 15) is 4.79 Å². The van der Waals surface area contributed by atoms with Gasteiger partial charge in [0.05, 0.1) is 0 Å². The number of hydrogen-bond donors (Lipinski definition) is 1. The summed E-state index contributed by atoms with van der Waals surface area (Å²) in [5.41, 5.74) is -0.383. The Balaban J connectivity index is 1.52. The summed E-state index contributed by atoms with van der Waals surface area (Å²) in [6.45, 7) is 7.51. The summed E-state index contributed by atoms with van der Waals surface area (Å²) in [6, 6.07) is 0. The molecule has 0 spiro atoms. The Bertz CT molecular complexity index is 475. The maximum absolute atomic E-state index is 12.1. The fourth-order valence-corrected chi connectivity index (χ4v) is 3.32. The molecule has 1 saturated carbocycles. The van der Waals surface area contributed by atoms with E-state index in [2.05, 4.69) is 27.5 Å². The van der Waals surface area contributed by atoms with Crippen molar-refractivity contribution in [3.05, 3.63) is 5.82 Å². The van der Waals surface area contributed by atoms with Gasteiger partial charge in [0.2, 0.25) is 0 Å². The predicted octanol–water partition coefficient (Wildman–Crippen LogP) is 1.56. The average molecular weight is 279 g/mol. The number of likely N-dealkylation sites (tertiary alicyclic amines) is 1. The van der Waals surface area contributed by atoms with Crippen LogP contribution in [0.1, 0.15) is 45.4 Å². The Hall–Kier alpha value is -1.66. The number of hydrogen-bond acceptors (Lipinski definition) is 5. The number of H-pyrrole nitrogens is 1. The lowest BCUT2D eigenvalue weighted by atomic mass is 10.0. The first-order valence-corrected chi connectivity index (χ1v) is 7.23. The van der Waals surface area contributed by atoms with Crippen LogP contribution in [0, 0.1) is 11.8 Å². The first-order valence-electron chi connectivity index (χ1n) is 7.23. The third kappa shape index (κ3) is 2.36. The first kappa shape index (κ1) is 13.3. The number of nitrogens with zero attached hydrogens (tertiary/aromatic N) is 4. The fourth-order valence-electron chi connectivity index (χ4n) is 3.32. The summed E-state index contributed by atoms with van der Waals surface area (Å²) in [6.07, 6.45) is 1.69. The molecule has 1 aromatic rings. The molecule has 7 heteroatoms. The largest absolute Gasteiger partial charge is 0.443 e. The zero-order chi connectivity index (χ0) is 14.3. The Morgan fingerprint density at radius 1 is 1.45 bits per heavy atom. The molecular weight excluding hydrogens is 258 g/mol. The van der Waals surface area contributed by atoms with E-state index >= 15 is 0 Å². The number of amides is 1. The number of aromatic nitrogens is 4. The normalized spacial score (nSPS) is 28.4. The monoisotopic (exact) mass is 279 g/mol. The zero-order valence-corrected chi connectivity index (χ0v) is 12.2. The second-order valence-corrected chi connectivity index (χ2v) is 6.41. The molecule has 1 aliphatic carbocycles. The van der Waals surface area contributed by atoms with Crippen LogP contribution in [0.2, 0.25) is 0 Å². The van der Waals surface area contributed by atoms with Gasteiger partial charge in [-0.2, -0.15) is 5.21 Å². The molecule has 1 saturated heterocycles. The van der Waals surface area contributed by atoms with E-state index in [1.807, 2.05) is 18.7 Å². The molecule has 2 atom stereocenters. The Morgan fingerprint density at radius 2 is 2.15 bits per heavy atom. The van der Waals surface area contributed by atoms with Gasteiger partial charge in [0.1, 0.15) is 5.60 Å². The number of carbonyl (C=O) groups excluding carboxylic acids is 1. The van der Waals surface area contributed by atoms with Gasteiger partial charge in [0, 0.05) is 19.0 Å². The fraction of sp³-hybridized carbons (Fsp3) is 0.846. The molecule has 2 heterocycles. The van der Waals surface area contributed by atoms with Crippen LogP contribution in [0.4, 0.5) is 4.79 Å². The third-order valence-electron chi connectivity index (χ3n) is 4.33. The third-order valence-corrected chi connectivity index (χ3v) is 4.33. The molecular formula is C13H21N5O2. The van der Waals surface area contributed by atoms with E-state index in [1.165, 1.54) is 0 Å². The van der Waals surface area contributed by atoms with Crippen LogP contribution >= 0.6 is 0 Å². The molecule has 0 bridgehead atoms. The predicted molar refractivity (Wildman–Crippen MR) is 70.9 cm³/mol. The Morgan fingerprint density at radius 3 is 2.70 bits per heavy atom. The number of rotatable bonds is 4. The molecule has 2 unspecified atom stereocenters. The summed E-state index contributed by atoms with van der Waals surface area (Å²) < 4.78 is 5.59. The molecule has 3 rings (SSSR count). The van der Waals surface area contributed by atoms with Gasteiger partial charge in [-0.1, -0.05) is 18.6 Å². The Labute approximate surface area is 118 Å². The highest BCUT2D eigenvalue weighted by molar-refractivity contribution is 5.69. The van der Waals surface area contributed by atoms with Gasteiger partial charge in [0.15, 0.2) is 5.82 Å². The van der Waals surface area contributed by atoms with Gasteiger partial charge in [0.25, 0.3) is 0 Å². The smallest absolute Gasteiger partial charge is 0.410 e. The van der Waals surface area contributed by atoms with Crippen LogP contribution in [-0.2, 0) is 4.74 Å². The minimum atomic E-state index is -0.383. The van der Waals surface area contributed by atoms with Crippen molar-refractivity contribution in [1.82, 2.24) is 25.5 Å². The minimum absolute atomic E-state index is 0.192. The molecule has 2 aliphatic rings. The molecule has 0 radical (unpaired) electrons. The van der Waals surface area contributed by atoms with Gasteiger partial charge in [-0.25, -0.2) is 4.79 Å². The number of nitrogens with one attached hydrogen (secondary N) is 1. The maximum Gasteiger partial charge on any atom is 0.410 e. The Kier molecular flexibility index (Phi) is 3.14. The number of tetrazole rings is 1. The van der Waals surface area contributed by atoms with E-state index in [-0.39, 0.29) is 11.7 Å². The molecule has 0 aromatic carbocycles. The van der Waals surface area contributed by atoms with Gasteiger partial charge < -0.3 is 9.64 Å². The van der Waals surface area contributed by atoms with Crippen LogP contribution in [0.25, 0.3) is 0 Å². The van der Waals surface area contributed by atoms with Gasteiger partial charge in [-0.3, -0.25) is 0 Å². The van der Waals surface area contributed by atoms with Crippen LogP contribution in [0.15, 0.2) is 0 Å². The van der Waals surface area contributed by atoms with Crippen molar-refractivity contribution in [3.63, 3.8) is 0 Å². The molecule has 1 aromatic heterocycles. The van der Waals surface area contributed by atoms with Gasteiger partial charge in [-0.05, 0) is 32.1 Å². The summed E-state index contributed by atoms with van der Waals surface area (Å²) >= 11 is 0. The number of fused-ring (bicyclic) bond motifs is 1. The highest BCUT2D eigenvalue weighted by atomic mass is 16.6. The van der Waals surface area contributed by atoms with Crippen LogP contribution in [0.5, 0.6) is 0 Å². The van der Waals surface area contributed by atoms with Crippen molar-refractivity contribution in [2.24, 2.45) is 11.8 Å². The molecule has 110 valence electrons. The summed E-state index contributed by atoms with van der Waals surface area (Å²) in [7, 11) is 0. The summed E-state index contributed by atoms with van der Waals surface area (Å²) in [4.78, 5) is 14.0. The second kappa shape index (κ2) is 4.71. The molecule has 1 N–H and O–H groups in total. The van der Waals surface area contributed by atoms with E-state index < -0.39 is 0 Å². The molecule has 1 amide bonds. The average Bonchev–Trinajstić information content (AvgIpc) is 2.83. The quantitative estimate of drug-likeness (QED) is 0.904. The van der Waals surface area contributed by atoms with Gasteiger partial charge >= 0.3 is 6.09 Å². The minimum Gasteiger partial charge on any atom is -0.443 e.